The lowest BCUT2D eigenvalue weighted by Crippen LogP contribution is -2.30. The van der Waals surface area contributed by atoms with Crippen LogP contribution in [0.15, 0.2) is 23.3 Å². The number of hydrogen-bond donors (Lipinski definition) is 4. The SMILES string of the molecule is Cc1ccc(B(O)O)cc1C=NNC(N)=S. The van der Waals surface area contributed by atoms with Gasteiger partial charge in [-0.3, -0.25) is 5.43 Å². The van der Waals surface area contributed by atoms with Gasteiger partial charge >= 0.3 is 7.12 Å². The largest absolute Gasteiger partial charge is 0.488 e. The van der Waals surface area contributed by atoms with Crippen LogP contribution in [0.3, 0.4) is 0 Å². The number of benzene rings is 1. The molecule has 5 N–H and O–H groups in total. The molecule has 0 saturated carbocycles. The van der Waals surface area contributed by atoms with E-state index in [1.807, 2.05) is 6.92 Å². The molecule has 0 aromatic heterocycles. The highest BCUT2D eigenvalue weighted by Gasteiger charge is 2.11. The van der Waals surface area contributed by atoms with E-state index in [9.17, 15) is 0 Å². The van der Waals surface area contributed by atoms with Crippen LogP contribution >= 0.6 is 12.2 Å². The first-order valence-electron chi connectivity index (χ1n) is 4.56. The van der Waals surface area contributed by atoms with Crippen LogP contribution in [0.1, 0.15) is 11.1 Å². The summed E-state index contributed by atoms with van der Waals surface area (Å²) in [7, 11) is -1.49. The highest BCUT2D eigenvalue weighted by Crippen LogP contribution is 2.02. The van der Waals surface area contributed by atoms with Gasteiger partial charge in [-0.25, -0.2) is 0 Å². The number of nitrogens with one attached hydrogen (secondary N) is 1. The Hall–Kier alpha value is -1.44. The third-order valence-corrected chi connectivity index (χ3v) is 2.07. The van der Waals surface area contributed by atoms with Crippen molar-refractivity contribution in [3.63, 3.8) is 0 Å². The molecule has 0 aliphatic rings. The number of aryl methyl sites for hydroxylation is 1. The van der Waals surface area contributed by atoms with E-state index in [2.05, 4.69) is 22.7 Å². The van der Waals surface area contributed by atoms with Crippen LogP contribution < -0.4 is 16.6 Å². The summed E-state index contributed by atoms with van der Waals surface area (Å²) in [6, 6.07) is 5.04. The molecule has 1 aromatic carbocycles. The van der Waals surface area contributed by atoms with Crippen LogP contribution in [0.25, 0.3) is 0 Å². The van der Waals surface area contributed by atoms with Crippen LogP contribution in [0, 0.1) is 6.92 Å². The molecule has 0 fully saturated rings. The molecule has 0 unspecified atom stereocenters. The Kier molecular flexibility index (Phi) is 4.42. The molecule has 0 radical (unpaired) electrons. The Morgan fingerprint density at radius 3 is 2.81 bits per heavy atom. The number of rotatable bonds is 3. The van der Waals surface area contributed by atoms with Crippen molar-refractivity contribution < 1.29 is 10.0 Å². The summed E-state index contributed by atoms with van der Waals surface area (Å²) in [5.41, 5.74) is 9.74. The summed E-state index contributed by atoms with van der Waals surface area (Å²) < 4.78 is 0. The maximum Gasteiger partial charge on any atom is 0.488 e. The third-order valence-electron chi connectivity index (χ3n) is 1.98. The smallest absolute Gasteiger partial charge is 0.423 e. The van der Waals surface area contributed by atoms with Gasteiger partial charge in [0.2, 0.25) is 0 Å². The van der Waals surface area contributed by atoms with Gasteiger partial charge < -0.3 is 15.8 Å². The Labute approximate surface area is 99.1 Å². The van der Waals surface area contributed by atoms with Gasteiger partial charge in [0.15, 0.2) is 5.11 Å². The topological polar surface area (TPSA) is 90.9 Å². The lowest BCUT2D eigenvalue weighted by molar-refractivity contribution is 0.426. The fourth-order valence-corrected chi connectivity index (χ4v) is 1.18. The number of hydrogen-bond acceptors (Lipinski definition) is 4. The van der Waals surface area contributed by atoms with E-state index in [0.717, 1.165) is 11.1 Å². The summed E-state index contributed by atoms with van der Waals surface area (Å²) in [6.45, 7) is 1.88. The lowest BCUT2D eigenvalue weighted by atomic mass is 9.79. The third kappa shape index (κ3) is 3.61. The number of nitrogens with zero attached hydrogens (tertiary/aromatic N) is 1. The van der Waals surface area contributed by atoms with Gasteiger partial charge in [0, 0.05) is 0 Å². The zero-order valence-corrected chi connectivity index (χ0v) is 9.53. The first-order chi connectivity index (χ1) is 7.50. The van der Waals surface area contributed by atoms with Gasteiger partial charge in [-0.05, 0) is 35.7 Å². The summed E-state index contributed by atoms with van der Waals surface area (Å²) in [5, 5.41) is 21.9. The van der Waals surface area contributed by atoms with Crippen LogP contribution in [0.2, 0.25) is 0 Å². The quantitative estimate of drug-likeness (QED) is 0.230. The van der Waals surface area contributed by atoms with Gasteiger partial charge in [0.05, 0.1) is 6.21 Å². The van der Waals surface area contributed by atoms with Gasteiger partial charge in [0.25, 0.3) is 0 Å². The average Bonchev–Trinajstić information content (AvgIpc) is 2.20. The second-order valence-corrected chi connectivity index (χ2v) is 3.66. The fraction of sp³-hybridized carbons (Fsp3) is 0.111. The Morgan fingerprint density at radius 1 is 1.56 bits per heavy atom. The molecule has 0 spiro atoms. The molecule has 1 rings (SSSR count). The molecule has 0 aliphatic carbocycles. The molecule has 1 aromatic rings. The number of nitrogens with two attached hydrogens (primary N) is 1. The zero-order chi connectivity index (χ0) is 12.1. The standard InChI is InChI=1S/C9H12BN3O2S/c1-6-2-3-8(10(14)15)4-7(6)5-12-13-9(11)16/h2-5,14-15H,1H3,(H3,11,13,16). The number of hydrazone groups is 1. The van der Waals surface area contributed by atoms with Crippen molar-refractivity contribution in [1.82, 2.24) is 5.43 Å². The molecule has 7 heteroatoms. The molecule has 0 bridgehead atoms. The summed E-state index contributed by atoms with van der Waals surface area (Å²) >= 11 is 4.58. The first kappa shape index (κ1) is 12.6. The Bertz CT molecular complexity index is 423. The van der Waals surface area contributed by atoms with Crippen LogP contribution in [-0.4, -0.2) is 28.5 Å². The molecule has 0 amide bonds. The van der Waals surface area contributed by atoms with Crippen LogP contribution in [0.5, 0.6) is 0 Å². The van der Waals surface area contributed by atoms with E-state index >= 15 is 0 Å². The predicted octanol–water partition coefficient (Wildman–Crippen LogP) is -1.16. The predicted molar refractivity (Wildman–Crippen MR) is 68.5 cm³/mol. The second-order valence-electron chi connectivity index (χ2n) is 3.22. The van der Waals surface area contributed by atoms with Gasteiger partial charge in [0.1, 0.15) is 0 Å². The summed E-state index contributed by atoms with van der Waals surface area (Å²) in [5.74, 6) is 0. The number of thiocarbonyl (C=S) groups is 1. The van der Waals surface area contributed by atoms with E-state index in [1.165, 1.54) is 6.21 Å². The van der Waals surface area contributed by atoms with Crippen molar-refractivity contribution >= 4 is 36.1 Å². The minimum atomic E-state index is -1.49. The lowest BCUT2D eigenvalue weighted by Gasteiger charge is -2.04. The minimum absolute atomic E-state index is 0.0762. The average molecular weight is 237 g/mol. The van der Waals surface area contributed by atoms with Crippen molar-refractivity contribution in [3.8, 4) is 0 Å². The van der Waals surface area contributed by atoms with Gasteiger partial charge in [-0.15, -0.1) is 0 Å². The van der Waals surface area contributed by atoms with Crippen molar-refractivity contribution in [2.45, 2.75) is 6.92 Å². The van der Waals surface area contributed by atoms with Gasteiger partial charge in [-0.1, -0.05) is 18.2 Å². The zero-order valence-electron chi connectivity index (χ0n) is 8.71. The van der Waals surface area contributed by atoms with E-state index in [1.54, 1.807) is 18.2 Å². The molecule has 84 valence electrons. The molecule has 16 heavy (non-hydrogen) atoms. The molecule has 0 aliphatic heterocycles. The van der Waals surface area contributed by atoms with Crippen molar-refractivity contribution in [2.75, 3.05) is 0 Å². The van der Waals surface area contributed by atoms with E-state index in [4.69, 9.17) is 15.8 Å². The van der Waals surface area contributed by atoms with Crippen molar-refractivity contribution in [3.05, 3.63) is 29.3 Å². The van der Waals surface area contributed by atoms with Crippen molar-refractivity contribution in [2.24, 2.45) is 10.8 Å². The molecular weight excluding hydrogens is 225 g/mol. The summed E-state index contributed by atoms with van der Waals surface area (Å²) in [4.78, 5) is 0. The summed E-state index contributed by atoms with van der Waals surface area (Å²) in [6.07, 6.45) is 1.51. The monoisotopic (exact) mass is 237 g/mol. The van der Waals surface area contributed by atoms with Crippen LogP contribution in [0.4, 0.5) is 0 Å². The molecular formula is C9H12BN3O2S. The molecule has 0 heterocycles. The van der Waals surface area contributed by atoms with Crippen LogP contribution in [-0.2, 0) is 0 Å². The fourth-order valence-electron chi connectivity index (χ4n) is 1.12. The van der Waals surface area contributed by atoms with Crippen molar-refractivity contribution in [1.29, 1.82) is 0 Å². The second kappa shape index (κ2) is 5.59. The van der Waals surface area contributed by atoms with E-state index in [0.29, 0.717) is 5.46 Å². The molecule has 0 saturated heterocycles. The maximum atomic E-state index is 9.01. The minimum Gasteiger partial charge on any atom is -0.423 e. The van der Waals surface area contributed by atoms with E-state index < -0.39 is 7.12 Å². The highest BCUT2D eigenvalue weighted by molar-refractivity contribution is 7.80. The normalized spacial score (nSPS) is 10.4. The highest BCUT2D eigenvalue weighted by atomic mass is 32.1. The first-order valence-corrected chi connectivity index (χ1v) is 4.96. The molecule has 0 atom stereocenters. The maximum absolute atomic E-state index is 9.01. The Balaban J connectivity index is 2.90. The Morgan fingerprint density at radius 2 is 2.25 bits per heavy atom. The van der Waals surface area contributed by atoms with E-state index in [-0.39, 0.29) is 5.11 Å². The van der Waals surface area contributed by atoms with Gasteiger partial charge in [-0.2, -0.15) is 5.10 Å². The molecule has 5 nitrogen and oxygen atoms in total.